The zero-order valence-electron chi connectivity index (χ0n) is 5.59. The molecule has 0 spiro atoms. The summed E-state index contributed by atoms with van der Waals surface area (Å²) in [6, 6.07) is 0.306. The average Bonchev–Trinajstić information content (AvgIpc) is 1.77. The van der Waals surface area contributed by atoms with Gasteiger partial charge in [-0.25, -0.2) is 0 Å². The Morgan fingerprint density at radius 1 is 1.33 bits per heavy atom. The number of rotatable bonds is 0. The van der Waals surface area contributed by atoms with Crippen LogP contribution < -0.4 is 5.73 Å². The summed E-state index contributed by atoms with van der Waals surface area (Å²) in [7, 11) is 0. The number of hydrogen-bond donors (Lipinski definition) is 1. The minimum atomic E-state index is 0. The van der Waals surface area contributed by atoms with Crippen molar-refractivity contribution in [3.05, 3.63) is 19.1 Å². The van der Waals surface area contributed by atoms with Crippen LogP contribution in [0.4, 0.5) is 0 Å². The van der Waals surface area contributed by atoms with Crippen LogP contribution in [0, 0.1) is 12.8 Å². The van der Waals surface area contributed by atoms with Crippen LogP contribution >= 0.6 is 0 Å². The first-order valence-corrected chi connectivity index (χ1v) is 3.04. The Balaban J connectivity index is 0.000000640. The third-order valence-corrected chi connectivity index (χ3v) is 1.62. The molecule has 0 amide bonds. The Labute approximate surface area is 82.0 Å². The molecule has 0 aromatic rings. The molecule has 1 rings (SSSR count). The second-order valence-electron chi connectivity index (χ2n) is 2.37. The summed E-state index contributed by atoms with van der Waals surface area (Å²) in [5.74, 6) is 0.444. The molecule has 1 aliphatic carbocycles. The van der Waals surface area contributed by atoms with Gasteiger partial charge in [0.15, 0.2) is 0 Å². The Morgan fingerprint density at radius 2 is 1.89 bits per heavy atom. The van der Waals surface area contributed by atoms with Crippen molar-refractivity contribution in [2.24, 2.45) is 11.7 Å². The van der Waals surface area contributed by atoms with Gasteiger partial charge >= 0.3 is 32.7 Å². The van der Waals surface area contributed by atoms with Crippen molar-refractivity contribution in [3.63, 3.8) is 0 Å². The Morgan fingerprint density at radius 3 is 2.22 bits per heavy atom. The van der Waals surface area contributed by atoms with Gasteiger partial charge in [0.05, 0.1) is 0 Å². The molecule has 0 aliphatic heterocycles. The van der Waals surface area contributed by atoms with Crippen molar-refractivity contribution in [2.45, 2.75) is 18.9 Å². The molecule has 0 radical (unpaired) electrons. The van der Waals surface area contributed by atoms with Gasteiger partial charge in [0.2, 0.25) is 0 Å². The molecule has 1 nitrogen and oxygen atoms in total. The fraction of sp³-hybridized carbons (Fsp3) is 0.571. The quantitative estimate of drug-likeness (QED) is 0.459. The fourth-order valence-corrected chi connectivity index (χ4v) is 0.892. The van der Waals surface area contributed by atoms with E-state index in [0.717, 1.165) is 12.8 Å². The zero-order chi connectivity index (χ0) is 5.98. The molecule has 0 fully saturated rings. The molecule has 46 valence electrons. The Bertz CT molecular complexity index is 89.1. The molecule has 2 heteroatoms. The number of hydrogen-bond acceptors (Lipinski definition) is 1. The second-order valence-corrected chi connectivity index (χ2v) is 2.37. The normalized spacial score (nSPS) is 33.6. The molecule has 0 aromatic heterocycles. The summed E-state index contributed by atoms with van der Waals surface area (Å²) in [6.45, 7) is 3.90. The molecule has 9 heavy (non-hydrogen) atoms. The third-order valence-electron chi connectivity index (χ3n) is 1.62. The van der Waals surface area contributed by atoms with E-state index in [4.69, 9.17) is 5.73 Å². The molecule has 2 unspecified atom stereocenters. The van der Waals surface area contributed by atoms with Gasteiger partial charge in [-0.15, -0.1) is 0 Å². The van der Waals surface area contributed by atoms with Gasteiger partial charge in [0.25, 0.3) is 0 Å². The van der Waals surface area contributed by atoms with E-state index >= 15 is 0 Å². The van der Waals surface area contributed by atoms with Gasteiger partial charge in [-0.2, -0.15) is 5.92 Å². The third kappa shape index (κ3) is 2.93. The molecular weight excluding hydrogens is 187 g/mol. The minimum absolute atomic E-state index is 0. The van der Waals surface area contributed by atoms with Crippen molar-refractivity contribution in [3.8, 4) is 0 Å². The van der Waals surface area contributed by atoms with E-state index in [1.165, 1.54) is 0 Å². The van der Waals surface area contributed by atoms with Crippen LogP contribution in [0.5, 0.6) is 0 Å². The maximum atomic E-state index is 5.66. The molecule has 0 aromatic carbocycles. The predicted molar refractivity (Wildman–Crippen MR) is 35.2 cm³/mol. The van der Waals surface area contributed by atoms with E-state index in [1.807, 2.05) is 0 Å². The van der Waals surface area contributed by atoms with Crippen molar-refractivity contribution >= 4 is 0 Å². The van der Waals surface area contributed by atoms with Gasteiger partial charge in [-0.3, -0.25) is 0 Å². The van der Waals surface area contributed by atoms with Crippen LogP contribution in [0.25, 0.3) is 0 Å². The predicted octanol–water partition coefficient (Wildman–Crippen LogP) is 1.11. The molecule has 1 aliphatic rings. The van der Waals surface area contributed by atoms with E-state index in [2.05, 4.69) is 19.1 Å². The van der Waals surface area contributed by atoms with Crippen LogP contribution in [-0.4, -0.2) is 6.04 Å². The fourth-order valence-electron chi connectivity index (χ4n) is 0.892. The van der Waals surface area contributed by atoms with E-state index in [-0.39, 0.29) is 32.7 Å². The molecule has 0 saturated heterocycles. The molecule has 0 heterocycles. The molecular formula is C7H12NY+2. The smallest absolute Gasteiger partial charge is 0.338 e. The first kappa shape index (κ1) is 9.80. The van der Waals surface area contributed by atoms with Crippen molar-refractivity contribution in [1.82, 2.24) is 0 Å². The second kappa shape index (κ2) is 4.59. The minimum Gasteiger partial charge on any atom is -0.338 e. The number of allylic oxidation sites excluding steroid dienone is 1. The van der Waals surface area contributed by atoms with E-state index in [1.54, 1.807) is 0 Å². The summed E-state index contributed by atoms with van der Waals surface area (Å²) >= 11 is 0. The van der Waals surface area contributed by atoms with Crippen LogP contribution in [-0.2, 0) is 32.7 Å². The van der Waals surface area contributed by atoms with Crippen LogP contribution in [0.1, 0.15) is 12.8 Å². The van der Waals surface area contributed by atoms with E-state index < -0.39 is 0 Å². The standard InChI is InChI=1S/C7H12N.Y/c1-6-4-2-3-5-7(6)8;/h2-3,6-7H,1,4-5,8H2;/q-1;+3. The van der Waals surface area contributed by atoms with Gasteiger partial charge in [-0.1, -0.05) is 18.6 Å². The zero-order valence-corrected chi connectivity index (χ0v) is 8.42. The Kier molecular flexibility index (Phi) is 5.00. The Hall–Kier alpha value is 0.804. The maximum Gasteiger partial charge on any atom is 3.00 e. The summed E-state index contributed by atoms with van der Waals surface area (Å²) in [6.07, 6.45) is 6.35. The van der Waals surface area contributed by atoms with Crippen LogP contribution in [0.2, 0.25) is 0 Å². The summed E-state index contributed by atoms with van der Waals surface area (Å²) < 4.78 is 0. The van der Waals surface area contributed by atoms with E-state index in [0.29, 0.717) is 12.0 Å². The first-order valence-electron chi connectivity index (χ1n) is 3.04. The van der Waals surface area contributed by atoms with Crippen molar-refractivity contribution < 1.29 is 32.7 Å². The van der Waals surface area contributed by atoms with Crippen LogP contribution in [0.15, 0.2) is 12.2 Å². The molecule has 2 atom stereocenters. The maximum absolute atomic E-state index is 5.66. The summed E-state index contributed by atoms with van der Waals surface area (Å²) in [4.78, 5) is 0. The first-order chi connectivity index (χ1) is 3.80. The largest absolute Gasteiger partial charge is 3.00 e. The molecule has 2 N–H and O–H groups in total. The topological polar surface area (TPSA) is 26.0 Å². The van der Waals surface area contributed by atoms with Gasteiger partial charge < -0.3 is 12.7 Å². The summed E-state index contributed by atoms with van der Waals surface area (Å²) in [5, 5.41) is 0. The van der Waals surface area contributed by atoms with Crippen molar-refractivity contribution in [1.29, 1.82) is 0 Å². The van der Waals surface area contributed by atoms with Gasteiger partial charge in [0, 0.05) is 0 Å². The van der Waals surface area contributed by atoms with Gasteiger partial charge in [-0.05, 0) is 12.5 Å². The number of nitrogens with two attached hydrogens (primary N) is 1. The van der Waals surface area contributed by atoms with Gasteiger partial charge in [0.1, 0.15) is 0 Å². The SMILES string of the molecule is [CH2-]C1CC=CCC1N.[Y+3]. The van der Waals surface area contributed by atoms with E-state index in [9.17, 15) is 0 Å². The van der Waals surface area contributed by atoms with Crippen molar-refractivity contribution in [2.75, 3.05) is 0 Å². The monoisotopic (exact) mass is 199 g/mol. The molecule has 0 saturated carbocycles. The van der Waals surface area contributed by atoms with Crippen LogP contribution in [0.3, 0.4) is 0 Å². The average molecular weight is 199 g/mol. The molecule has 0 bridgehead atoms. The summed E-state index contributed by atoms with van der Waals surface area (Å²) in [5.41, 5.74) is 5.66.